The van der Waals surface area contributed by atoms with Crippen LogP contribution in [-0.2, 0) is 16.0 Å². The van der Waals surface area contributed by atoms with E-state index in [0.717, 1.165) is 12.1 Å². The Balaban J connectivity index is 2.28. The number of nitrogen functional groups attached to an aromatic ring is 1. The van der Waals surface area contributed by atoms with Crippen LogP contribution in [0.25, 0.3) is 0 Å². The van der Waals surface area contributed by atoms with Crippen molar-refractivity contribution >= 4 is 11.6 Å². The van der Waals surface area contributed by atoms with E-state index in [0.29, 0.717) is 13.2 Å². The number of methoxy groups -OCH3 is 1. The second-order valence-electron chi connectivity index (χ2n) is 4.14. The van der Waals surface area contributed by atoms with Crippen LogP contribution in [0.15, 0.2) is 24.3 Å². The Labute approximate surface area is 102 Å². The number of amides is 1. The summed E-state index contributed by atoms with van der Waals surface area (Å²) in [6, 6.07) is 7.68. The number of nitrogens with two attached hydrogens (primary N) is 1. The number of hydrogen-bond acceptors (Lipinski definition) is 3. The Morgan fingerprint density at radius 2 is 2.06 bits per heavy atom. The van der Waals surface area contributed by atoms with Gasteiger partial charge in [0.1, 0.15) is 0 Å². The van der Waals surface area contributed by atoms with Crippen molar-refractivity contribution in [2.75, 3.05) is 26.0 Å². The first-order valence-electron chi connectivity index (χ1n) is 5.74. The molecule has 0 spiro atoms. The lowest BCUT2D eigenvalue weighted by Gasteiger charge is -2.11. The Morgan fingerprint density at radius 1 is 1.41 bits per heavy atom. The average Bonchev–Trinajstić information content (AvgIpc) is 2.32. The SMILES string of the molecule is COCC(C)C(=O)NCCc1ccc(N)cc1. The lowest BCUT2D eigenvalue weighted by atomic mass is 10.1. The second-order valence-corrected chi connectivity index (χ2v) is 4.14. The van der Waals surface area contributed by atoms with Crippen LogP contribution in [0.5, 0.6) is 0 Å². The molecule has 1 aromatic carbocycles. The van der Waals surface area contributed by atoms with Gasteiger partial charge in [0, 0.05) is 19.3 Å². The quantitative estimate of drug-likeness (QED) is 0.730. The molecule has 4 heteroatoms. The Hall–Kier alpha value is -1.55. The number of rotatable bonds is 6. The molecule has 94 valence electrons. The van der Waals surface area contributed by atoms with E-state index in [1.807, 2.05) is 31.2 Å². The monoisotopic (exact) mass is 236 g/mol. The first-order chi connectivity index (χ1) is 8.13. The maximum atomic E-state index is 11.6. The van der Waals surface area contributed by atoms with Gasteiger partial charge >= 0.3 is 0 Å². The van der Waals surface area contributed by atoms with Gasteiger partial charge in [-0.2, -0.15) is 0 Å². The molecule has 0 aromatic heterocycles. The largest absolute Gasteiger partial charge is 0.399 e. The zero-order chi connectivity index (χ0) is 12.7. The highest BCUT2D eigenvalue weighted by atomic mass is 16.5. The summed E-state index contributed by atoms with van der Waals surface area (Å²) < 4.78 is 4.93. The van der Waals surface area contributed by atoms with Crippen molar-refractivity contribution in [2.24, 2.45) is 5.92 Å². The molecule has 1 rings (SSSR count). The molecule has 1 amide bonds. The minimum atomic E-state index is -0.105. The lowest BCUT2D eigenvalue weighted by molar-refractivity contribution is -0.125. The number of carbonyl (C=O) groups excluding carboxylic acids is 1. The summed E-state index contributed by atoms with van der Waals surface area (Å²) in [5.74, 6) is -0.0753. The van der Waals surface area contributed by atoms with Crippen LogP contribution >= 0.6 is 0 Å². The van der Waals surface area contributed by atoms with Gasteiger partial charge in [-0.15, -0.1) is 0 Å². The molecule has 0 radical (unpaired) electrons. The van der Waals surface area contributed by atoms with E-state index >= 15 is 0 Å². The fraction of sp³-hybridized carbons (Fsp3) is 0.462. The lowest BCUT2D eigenvalue weighted by Crippen LogP contribution is -2.32. The zero-order valence-corrected chi connectivity index (χ0v) is 10.4. The van der Waals surface area contributed by atoms with Crippen molar-refractivity contribution in [3.8, 4) is 0 Å². The van der Waals surface area contributed by atoms with Gasteiger partial charge < -0.3 is 15.8 Å². The number of nitrogens with one attached hydrogen (secondary N) is 1. The summed E-state index contributed by atoms with van der Waals surface area (Å²) in [5, 5.41) is 2.88. The summed E-state index contributed by atoms with van der Waals surface area (Å²) in [6.45, 7) is 2.94. The maximum absolute atomic E-state index is 11.6. The van der Waals surface area contributed by atoms with Crippen molar-refractivity contribution in [3.05, 3.63) is 29.8 Å². The van der Waals surface area contributed by atoms with Gasteiger partial charge in [0.05, 0.1) is 12.5 Å². The van der Waals surface area contributed by atoms with Crippen LogP contribution in [0.2, 0.25) is 0 Å². The number of benzene rings is 1. The van der Waals surface area contributed by atoms with Gasteiger partial charge in [-0.3, -0.25) is 4.79 Å². The van der Waals surface area contributed by atoms with Gasteiger partial charge in [0.15, 0.2) is 0 Å². The third-order valence-corrected chi connectivity index (χ3v) is 2.56. The first-order valence-corrected chi connectivity index (χ1v) is 5.74. The van der Waals surface area contributed by atoms with E-state index in [-0.39, 0.29) is 11.8 Å². The number of ether oxygens (including phenoxy) is 1. The Bertz CT molecular complexity index is 349. The van der Waals surface area contributed by atoms with Crippen LogP contribution < -0.4 is 11.1 Å². The zero-order valence-electron chi connectivity index (χ0n) is 10.4. The molecule has 0 saturated carbocycles. The predicted octanol–water partition coefficient (Wildman–Crippen LogP) is 1.21. The molecule has 0 aliphatic heterocycles. The summed E-state index contributed by atoms with van der Waals surface area (Å²) in [7, 11) is 1.60. The molecule has 0 aliphatic carbocycles. The van der Waals surface area contributed by atoms with E-state index in [1.54, 1.807) is 7.11 Å². The topological polar surface area (TPSA) is 64.3 Å². The van der Waals surface area contributed by atoms with E-state index in [1.165, 1.54) is 5.56 Å². The molecule has 0 fully saturated rings. The highest BCUT2D eigenvalue weighted by Gasteiger charge is 2.11. The average molecular weight is 236 g/mol. The molecule has 1 unspecified atom stereocenters. The molecule has 0 aliphatic rings. The standard InChI is InChI=1S/C13H20N2O2/c1-10(9-17-2)13(16)15-8-7-11-3-5-12(14)6-4-11/h3-6,10H,7-9,14H2,1-2H3,(H,15,16). The summed E-state index contributed by atoms with van der Waals surface area (Å²) in [5.41, 5.74) is 7.51. The van der Waals surface area contributed by atoms with E-state index in [2.05, 4.69) is 5.32 Å². The van der Waals surface area contributed by atoms with Gasteiger partial charge in [-0.25, -0.2) is 0 Å². The van der Waals surface area contributed by atoms with Gasteiger partial charge in [-0.1, -0.05) is 19.1 Å². The normalized spacial score (nSPS) is 12.1. The number of carbonyl (C=O) groups is 1. The molecule has 0 bridgehead atoms. The van der Waals surface area contributed by atoms with E-state index in [4.69, 9.17) is 10.5 Å². The molecule has 1 aromatic rings. The molecule has 4 nitrogen and oxygen atoms in total. The minimum Gasteiger partial charge on any atom is -0.399 e. The van der Waals surface area contributed by atoms with Gasteiger partial charge in [0.25, 0.3) is 0 Å². The van der Waals surface area contributed by atoms with Crippen LogP contribution in [-0.4, -0.2) is 26.2 Å². The molecule has 3 N–H and O–H groups in total. The van der Waals surface area contributed by atoms with Crippen molar-refractivity contribution in [1.82, 2.24) is 5.32 Å². The smallest absolute Gasteiger partial charge is 0.225 e. The molecular formula is C13H20N2O2. The van der Waals surface area contributed by atoms with Crippen molar-refractivity contribution in [3.63, 3.8) is 0 Å². The van der Waals surface area contributed by atoms with Crippen LogP contribution in [0.3, 0.4) is 0 Å². The number of hydrogen-bond donors (Lipinski definition) is 2. The third-order valence-electron chi connectivity index (χ3n) is 2.56. The van der Waals surface area contributed by atoms with Crippen LogP contribution in [0.4, 0.5) is 5.69 Å². The maximum Gasteiger partial charge on any atom is 0.225 e. The van der Waals surface area contributed by atoms with Crippen LogP contribution in [0, 0.1) is 5.92 Å². The molecule has 0 heterocycles. The van der Waals surface area contributed by atoms with E-state index < -0.39 is 0 Å². The third kappa shape index (κ3) is 4.87. The van der Waals surface area contributed by atoms with Crippen molar-refractivity contribution in [1.29, 1.82) is 0 Å². The Kier molecular flexibility index (Phi) is 5.49. The highest BCUT2D eigenvalue weighted by Crippen LogP contribution is 2.05. The fourth-order valence-corrected chi connectivity index (χ4v) is 1.51. The molecular weight excluding hydrogens is 216 g/mol. The summed E-state index contributed by atoms with van der Waals surface area (Å²) in [6.07, 6.45) is 0.811. The van der Waals surface area contributed by atoms with E-state index in [9.17, 15) is 4.79 Å². The molecule has 17 heavy (non-hydrogen) atoms. The molecule has 1 atom stereocenters. The minimum absolute atomic E-state index is 0.0299. The van der Waals surface area contributed by atoms with Crippen molar-refractivity contribution in [2.45, 2.75) is 13.3 Å². The highest BCUT2D eigenvalue weighted by molar-refractivity contribution is 5.78. The van der Waals surface area contributed by atoms with Gasteiger partial charge in [-0.05, 0) is 24.1 Å². The summed E-state index contributed by atoms with van der Waals surface area (Å²) >= 11 is 0. The summed E-state index contributed by atoms with van der Waals surface area (Å²) in [4.78, 5) is 11.6. The molecule has 0 saturated heterocycles. The van der Waals surface area contributed by atoms with Crippen LogP contribution in [0.1, 0.15) is 12.5 Å². The predicted molar refractivity (Wildman–Crippen MR) is 68.6 cm³/mol. The fourth-order valence-electron chi connectivity index (χ4n) is 1.51. The van der Waals surface area contributed by atoms with Crippen molar-refractivity contribution < 1.29 is 9.53 Å². The number of anilines is 1. The van der Waals surface area contributed by atoms with Gasteiger partial charge in [0.2, 0.25) is 5.91 Å². The second kappa shape index (κ2) is 6.91. The Morgan fingerprint density at radius 3 is 2.65 bits per heavy atom. The first kappa shape index (κ1) is 13.5.